The number of hydrogen-bond donors (Lipinski definition) is 3. The second-order valence-corrected chi connectivity index (χ2v) is 6.93. The number of aliphatic hydroxyl groups excluding tert-OH is 2. The largest absolute Gasteiger partial charge is 0.493 e. The average molecular weight is 390 g/mol. The fourth-order valence-electron chi connectivity index (χ4n) is 1.86. The molecule has 1 amide bonds. The zero-order chi connectivity index (χ0) is 17.6. The van der Waals surface area contributed by atoms with Gasteiger partial charge in [-0.25, -0.2) is 4.79 Å². The van der Waals surface area contributed by atoms with Crippen molar-refractivity contribution in [2.24, 2.45) is 0 Å². The van der Waals surface area contributed by atoms with Crippen LogP contribution in [0.3, 0.4) is 0 Å². The molecule has 0 saturated carbocycles. The van der Waals surface area contributed by atoms with Crippen molar-refractivity contribution in [3.63, 3.8) is 0 Å². The molecular formula is C16H24BrNO5. The van der Waals surface area contributed by atoms with Gasteiger partial charge in [0.15, 0.2) is 0 Å². The number of aliphatic hydroxyl groups is 2. The van der Waals surface area contributed by atoms with Crippen LogP contribution in [0.2, 0.25) is 0 Å². The summed E-state index contributed by atoms with van der Waals surface area (Å²) in [5, 5.41) is 22.9. The lowest BCUT2D eigenvalue weighted by atomic mass is 10.0. The number of alkyl carbamates (subject to hydrolysis) is 1. The van der Waals surface area contributed by atoms with Crippen LogP contribution in [0.1, 0.15) is 39.4 Å². The predicted octanol–water partition coefficient (Wildman–Crippen LogP) is 2.77. The molecule has 0 saturated heterocycles. The van der Waals surface area contributed by atoms with E-state index in [1.807, 2.05) is 6.92 Å². The summed E-state index contributed by atoms with van der Waals surface area (Å²) in [6, 6.07) is 5.17. The minimum Gasteiger partial charge on any atom is -0.493 e. The number of carbonyl (C=O) groups is 1. The molecule has 7 heteroatoms. The Labute approximate surface area is 144 Å². The van der Waals surface area contributed by atoms with Crippen molar-refractivity contribution >= 4 is 22.0 Å². The maximum atomic E-state index is 11.6. The number of ether oxygens (including phenoxy) is 2. The summed E-state index contributed by atoms with van der Waals surface area (Å²) in [6.45, 7) is 7.36. The van der Waals surface area contributed by atoms with Crippen molar-refractivity contribution in [3.8, 4) is 5.75 Å². The van der Waals surface area contributed by atoms with E-state index in [4.69, 9.17) is 9.47 Å². The highest BCUT2D eigenvalue weighted by atomic mass is 79.9. The second-order valence-electron chi connectivity index (χ2n) is 6.01. The van der Waals surface area contributed by atoms with E-state index in [2.05, 4.69) is 21.2 Å². The van der Waals surface area contributed by atoms with E-state index in [0.717, 1.165) is 4.47 Å². The summed E-state index contributed by atoms with van der Waals surface area (Å²) in [4.78, 5) is 11.6. The lowest BCUT2D eigenvalue weighted by molar-refractivity contribution is 0.0117. The lowest BCUT2D eigenvalue weighted by Gasteiger charge is -2.23. The Morgan fingerprint density at radius 2 is 2.00 bits per heavy atom. The minimum atomic E-state index is -1.20. The molecule has 23 heavy (non-hydrogen) atoms. The smallest absolute Gasteiger partial charge is 0.407 e. The topological polar surface area (TPSA) is 88.0 Å². The fourth-order valence-corrected chi connectivity index (χ4v) is 2.24. The Morgan fingerprint density at radius 1 is 1.35 bits per heavy atom. The van der Waals surface area contributed by atoms with E-state index >= 15 is 0 Å². The molecule has 1 aromatic carbocycles. The molecule has 0 aliphatic rings. The van der Waals surface area contributed by atoms with Crippen LogP contribution in [-0.2, 0) is 4.74 Å². The van der Waals surface area contributed by atoms with Crippen LogP contribution >= 0.6 is 15.9 Å². The van der Waals surface area contributed by atoms with Crippen LogP contribution in [0.15, 0.2) is 22.7 Å². The van der Waals surface area contributed by atoms with Crippen molar-refractivity contribution in [3.05, 3.63) is 28.2 Å². The number of carbonyl (C=O) groups excluding carboxylic acids is 1. The normalized spacial score (nSPS) is 14.0. The van der Waals surface area contributed by atoms with E-state index in [1.165, 1.54) is 0 Å². The molecule has 130 valence electrons. The van der Waals surface area contributed by atoms with Gasteiger partial charge in [0.25, 0.3) is 0 Å². The molecule has 0 bridgehead atoms. The van der Waals surface area contributed by atoms with Gasteiger partial charge in [-0.15, -0.1) is 0 Å². The zero-order valence-corrected chi connectivity index (χ0v) is 15.4. The molecule has 0 fully saturated rings. The first-order valence-electron chi connectivity index (χ1n) is 7.39. The zero-order valence-electron chi connectivity index (χ0n) is 13.8. The number of benzene rings is 1. The van der Waals surface area contributed by atoms with Gasteiger partial charge in [0.1, 0.15) is 23.6 Å². The number of hydrogen-bond acceptors (Lipinski definition) is 5. The molecule has 1 aromatic rings. The first-order valence-corrected chi connectivity index (χ1v) is 8.18. The van der Waals surface area contributed by atoms with Gasteiger partial charge in [0, 0.05) is 16.6 Å². The molecule has 0 aromatic heterocycles. The third kappa shape index (κ3) is 6.76. The van der Waals surface area contributed by atoms with Crippen molar-refractivity contribution in [2.75, 3.05) is 13.2 Å². The van der Waals surface area contributed by atoms with Crippen LogP contribution < -0.4 is 10.1 Å². The first kappa shape index (κ1) is 19.7. The SMILES string of the molecule is CCOc1ccc(Br)cc1C(O)C(O)CNC(=O)OC(C)(C)C. The molecule has 0 heterocycles. The molecule has 0 aliphatic carbocycles. The van der Waals surface area contributed by atoms with E-state index in [0.29, 0.717) is 17.9 Å². The molecular weight excluding hydrogens is 366 g/mol. The van der Waals surface area contributed by atoms with Crippen molar-refractivity contribution in [1.82, 2.24) is 5.32 Å². The van der Waals surface area contributed by atoms with E-state index in [-0.39, 0.29) is 6.54 Å². The number of amides is 1. The van der Waals surface area contributed by atoms with E-state index in [9.17, 15) is 15.0 Å². The van der Waals surface area contributed by atoms with Gasteiger partial charge in [-0.3, -0.25) is 0 Å². The van der Waals surface area contributed by atoms with E-state index in [1.54, 1.807) is 39.0 Å². The molecule has 3 N–H and O–H groups in total. The second kappa shape index (κ2) is 8.52. The van der Waals surface area contributed by atoms with Crippen molar-refractivity contribution < 1.29 is 24.5 Å². The molecule has 0 radical (unpaired) electrons. The highest BCUT2D eigenvalue weighted by Crippen LogP contribution is 2.30. The lowest BCUT2D eigenvalue weighted by Crippen LogP contribution is -2.38. The van der Waals surface area contributed by atoms with Crippen LogP contribution in [-0.4, -0.2) is 41.2 Å². The third-order valence-electron chi connectivity index (χ3n) is 2.81. The molecule has 2 unspecified atom stereocenters. The summed E-state index contributed by atoms with van der Waals surface area (Å²) in [7, 11) is 0. The maximum absolute atomic E-state index is 11.6. The standard InChI is InChI=1S/C16H24BrNO5/c1-5-22-13-7-6-10(17)8-11(13)14(20)12(19)9-18-15(21)23-16(2,3)4/h6-8,12,14,19-20H,5,9H2,1-4H3,(H,18,21). The van der Waals surface area contributed by atoms with Crippen LogP contribution in [0.25, 0.3) is 0 Å². The van der Waals surface area contributed by atoms with Gasteiger partial charge in [-0.2, -0.15) is 0 Å². The Balaban J connectivity index is 2.71. The van der Waals surface area contributed by atoms with Gasteiger partial charge in [0.05, 0.1) is 6.61 Å². The monoisotopic (exact) mass is 389 g/mol. The van der Waals surface area contributed by atoms with Gasteiger partial charge in [-0.1, -0.05) is 15.9 Å². The highest BCUT2D eigenvalue weighted by Gasteiger charge is 2.24. The molecule has 0 aliphatic heterocycles. The van der Waals surface area contributed by atoms with Crippen LogP contribution in [0, 0.1) is 0 Å². The molecule has 1 rings (SSSR count). The third-order valence-corrected chi connectivity index (χ3v) is 3.30. The van der Waals surface area contributed by atoms with Crippen molar-refractivity contribution in [2.45, 2.75) is 45.5 Å². The number of rotatable bonds is 6. The minimum absolute atomic E-state index is 0.145. The van der Waals surface area contributed by atoms with Crippen LogP contribution in [0.5, 0.6) is 5.75 Å². The number of halogens is 1. The Bertz CT molecular complexity index is 530. The van der Waals surface area contributed by atoms with Gasteiger partial charge < -0.3 is 25.0 Å². The maximum Gasteiger partial charge on any atom is 0.407 e. The summed E-state index contributed by atoms with van der Waals surface area (Å²) in [6.07, 6.45) is -3.05. The summed E-state index contributed by atoms with van der Waals surface area (Å²) in [5.74, 6) is 0.486. The molecule has 2 atom stereocenters. The quantitative estimate of drug-likeness (QED) is 0.695. The van der Waals surface area contributed by atoms with Gasteiger partial charge >= 0.3 is 6.09 Å². The van der Waals surface area contributed by atoms with E-state index < -0.39 is 23.9 Å². The van der Waals surface area contributed by atoms with Gasteiger partial charge in [0.2, 0.25) is 0 Å². The molecule has 6 nitrogen and oxygen atoms in total. The average Bonchev–Trinajstić information content (AvgIpc) is 2.44. The summed E-state index contributed by atoms with van der Waals surface area (Å²) in [5.41, 5.74) is -0.181. The predicted molar refractivity (Wildman–Crippen MR) is 90.5 cm³/mol. The summed E-state index contributed by atoms with van der Waals surface area (Å²) >= 11 is 3.32. The highest BCUT2D eigenvalue weighted by molar-refractivity contribution is 9.10. The Morgan fingerprint density at radius 3 is 2.57 bits per heavy atom. The van der Waals surface area contributed by atoms with Crippen molar-refractivity contribution in [1.29, 1.82) is 0 Å². The Kier molecular flexibility index (Phi) is 7.31. The van der Waals surface area contributed by atoms with Gasteiger partial charge in [-0.05, 0) is 45.9 Å². The van der Waals surface area contributed by atoms with Crippen LogP contribution in [0.4, 0.5) is 4.79 Å². The molecule has 0 spiro atoms. The number of nitrogens with one attached hydrogen (secondary N) is 1. The fraction of sp³-hybridized carbons (Fsp3) is 0.562. The first-order chi connectivity index (χ1) is 10.6. The Hall–Kier alpha value is -1.31. The summed E-state index contributed by atoms with van der Waals surface area (Å²) < 4.78 is 11.3.